The number of pyridine rings is 1. The molecule has 1 aliphatic heterocycles. The zero-order valence-electron chi connectivity index (χ0n) is 25.0. The fraction of sp³-hybridized carbons (Fsp3) is 0.433. The molecule has 3 aromatic rings. The second-order valence-electron chi connectivity index (χ2n) is 10.5. The van der Waals surface area contributed by atoms with E-state index in [2.05, 4.69) is 4.98 Å². The lowest BCUT2D eigenvalue weighted by Gasteiger charge is -2.17. The molecular formula is C30H32ClFN2O10S. The highest BCUT2D eigenvalue weighted by atomic mass is 35.5. The van der Waals surface area contributed by atoms with Crippen molar-refractivity contribution in [2.24, 2.45) is 11.8 Å². The van der Waals surface area contributed by atoms with E-state index in [0.717, 1.165) is 0 Å². The van der Waals surface area contributed by atoms with Crippen molar-refractivity contribution in [2.45, 2.75) is 46.2 Å². The van der Waals surface area contributed by atoms with Crippen LogP contribution in [0.25, 0.3) is 10.2 Å². The van der Waals surface area contributed by atoms with E-state index < -0.39 is 35.5 Å². The number of thiophene rings is 1. The topological polar surface area (TPSA) is 162 Å². The molecule has 0 unspecified atom stereocenters. The fourth-order valence-electron chi connectivity index (χ4n) is 4.66. The van der Waals surface area contributed by atoms with E-state index >= 15 is 4.39 Å². The van der Waals surface area contributed by atoms with Gasteiger partial charge >= 0.3 is 11.9 Å². The molecule has 0 aliphatic carbocycles. The average Bonchev–Trinajstić information content (AvgIpc) is 3.64. The van der Waals surface area contributed by atoms with Crippen molar-refractivity contribution >= 4 is 56.8 Å². The van der Waals surface area contributed by atoms with Crippen LogP contribution in [0.1, 0.15) is 53.9 Å². The lowest BCUT2D eigenvalue weighted by Crippen LogP contribution is -2.28. The van der Waals surface area contributed by atoms with E-state index in [1.165, 1.54) is 44.3 Å². The SMILES string of the molecule is COc1cc2sc(C(=O)C[C@H](C)C(=O)O)cc2nc1OCCCOc1c(Cl)c2c(c(F)c1OC)CN(C(=O)C[C@H](C)C(=O)O)C2. The summed E-state index contributed by atoms with van der Waals surface area (Å²) in [6, 6.07) is 3.27. The third-order valence-electron chi connectivity index (χ3n) is 7.27. The Bertz CT molecular complexity index is 1640. The smallest absolute Gasteiger partial charge is 0.306 e. The zero-order chi connectivity index (χ0) is 33.0. The predicted molar refractivity (Wildman–Crippen MR) is 161 cm³/mol. The van der Waals surface area contributed by atoms with Gasteiger partial charge in [0.2, 0.25) is 5.91 Å². The number of hydrogen-bond acceptors (Lipinski definition) is 10. The van der Waals surface area contributed by atoms with E-state index in [0.29, 0.717) is 32.8 Å². The van der Waals surface area contributed by atoms with Gasteiger partial charge in [0, 0.05) is 49.5 Å². The number of carboxylic acids is 2. The molecule has 2 N–H and O–H groups in total. The Balaban J connectivity index is 1.40. The second-order valence-corrected chi connectivity index (χ2v) is 12.0. The number of halogens is 2. The van der Waals surface area contributed by atoms with Crippen molar-refractivity contribution < 1.29 is 52.7 Å². The van der Waals surface area contributed by atoms with Crippen molar-refractivity contribution in [1.82, 2.24) is 9.88 Å². The Morgan fingerprint density at radius 1 is 0.978 bits per heavy atom. The molecule has 3 heterocycles. The molecule has 0 saturated heterocycles. The molecule has 2 aromatic heterocycles. The number of hydrogen-bond donors (Lipinski definition) is 2. The van der Waals surface area contributed by atoms with Crippen LogP contribution < -0.4 is 18.9 Å². The minimum atomic E-state index is -1.10. The van der Waals surface area contributed by atoms with Crippen molar-refractivity contribution in [3.8, 4) is 23.1 Å². The molecule has 45 heavy (non-hydrogen) atoms. The van der Waals surface area contributed by atoms with Crippen LogP contribution >= 0.6 is 22.9 Å². The monoisotopic (exact) mass is 666 g/mol. The fourth-order valence-corrected chi connectivity index (χ4v) is 5.95. The number of fused-ring (bicyclic) bond motifs is 2. The highest BCUT2D eigenvalue weighted by Crippen LogP contribution is 2.46. The minimum Gasteiger partial charge on any atom is -0.491 e. The first kappa shape index (κ1) is 33.7. The van der Waals surface area contributed by atoms with Crippen LogP contribution in [0.2, 0.25) is 5.02 Å². The van der Waals surface area contributed by atoms with Crippen molar-refractivity contribution in [3.05, 3.63) is 39.0 Å². The molecule has 0 fully saturated rings. The van der Waals surface area contributed by atoms with E-state index in [1.807, 2.05) is 0 Å². The molecule has 1 aromatic carbocycles. The number of aromatic nitrogens is 1. The highest BCUT2D eigenvalue weighted by molar-refractivity contribution is 7.20. The van der Waals surface area contributed by atoms with Gasteiger partial charge in [-0.2, -0.15) is 0 Å². The number of methoxy groups -OCH3 is 2. The first-order chi connectivity index (χ1) is 21.4. The summed E-state index contributed by atoms with van der Waals surface area (Å²) in [5, 5.41) is 18.3. The highest BCUT2D eigenvalue weighted by Gasteiger charge is 2.34. The van der Waals surface area contributed by atoms with Gasteiger partial charge in [-0.3, -0.25) is 19.2 Å². The summed E-state index contributed by atoms with van der Waals surface area (Å²) in [7, 11) is 2.72. The van der Waals surface area contributed by atoms with Gasteiger partial charge in [-0.25, -0.2) is 9.37 Å². The Morgan fingerprint density at radius 2 is 1.62 bits per heavy atom. The molecule has 0 radical (unpaired) electrons. The molecule has 15 heteroatoms. The van der Waals surface area contributed by atoms with Gasteiger partial charge < -0.3 is 34.1 Å². The first-order valence-electron chi connectivity index (χ1n) is 13.9. The molecule has 0 spiro atoms. The normalized spacial score (nSPS) is 13.7. The average molecular weight is 667 g/mol. The number of ketones is 1. The van der Waals surface area contributed by atoms with E-state index in [9.17, 15) is 19.2 Å². The standard InChI is InChI=1S/C30H32ClFN2O10S/c1-14(29(37)38)8-19(35)22-10-18-21(45-22)11-20(41-3)28(33-18)44-7-5-6-43-26-24(31)16-12-34(23(36)9-15(2)30(39)40)13-17(16)25(32)27(26)42-4/h10-11,14-15H,5-9,12-13H2,1-4H3,(H,37,38)(H,39,40)/t14-,15-/m0/s1. The van der Waals surface area contributed by atoms with Crippen LogP contribution in [0, 0.1) is 17.7 Å². The summed E-state index contributed by atoms with van der Waals surface area (Å²) in [6.45, 7) is 3.00. The largest absolute Gasteiger partial charge is 0.491 e. The molecule has 1 aliphatic rings. The summed E-state index contributed by atoms with van der Waals surface area (Å²) in [6.07, 6.45) is -0.0411. The Labute approximate surface area is 266 Å². The quantitative estimate of drug-likeness (QED) is 0.162. The number of benzene rings is 1. The number of ether oxygens (including phenoxy) is 4. The molecule has 12 nitrogen and oxygen atoms in total. The zero-order valence-corrected chi connectivity index (χ0v) is 26.6. The maximum absolute atomic E-state index is 15.4. The maximum atomic E-state index is 15.4. The van der Waals surface area contributed by atoms with Crippen LogP contribution in [-0.2, 0) is 27.5 Å². The minimum absolute atomic E-state index is 0.00213. The van der Waals surface area contributed by atoms with Gasteiger partial charge in [0.05, 0.1) is 59.4 Å². The summed E-state index contributed by atoms with van der Waals surface area (Å²) in [4.78, 5) is 53.6. The number of Topliss-reactive ketones (excluding diaryl/α,β-unsaturated/α-hetero) is 1. The third-order valence-corrected chi connectivity index (χ3v) is 8.79. The van der Waals surface area contributed by atoms with Crippen molar-refractivity contribution in [3.63, 3.8) is 0 Å². The molecule has 0 bridgehead atoms. The van der Waals surface area contributed by atoms with Crippen LogP contribution in [0.5, 0.6) is 23.1 Å². The Kier molecular flexibility index (Phi) is 10.7. The van der Waals surface area contributed by atoms with Gasteiger partial charge in [-0.15, -0.1) is 11.3 Å². The van der Waals surface area contributed by atoms with Gasteiger partial charge in [0.15, 0.2) is 28.8 Å². The number of carbonyl (C=O) groups excluding carboxylic acids is 2. The Hall–Kier alpha value is -4.17. The number of amides is 1. The van der Waals surface area contributed by atoms with Crippen molar-refractivity contribution in [1.29, 1.82) is 0 Å². The number of rotatable bonds is 15. The van der Waals surface area contributed by atoms with Gasteiger partial charge in [0.25, 0.3) is 5.88 Å². The van der Waals surface area contributed by atoms with Crippen LogP contribution in [-0.4, -0.2) is 71.2 Å². The third kappa shape index (κ3) is 7.39. The lowest BCUT2D eigenvalue weighted by molar-refractivity contribution is -0.145. The second kappa shape index (κ2) is 14.3. The summed E-state index contributed by atoms with van der Waals surface area (Å²) >= 11 is 7.78. The van der Waals surface area contributed by atoms with Gasteiger partial charge in [-0.1, -0.05) is 25.4 Å². The molecule has 4 rings (SSSR count). The molecule has 2 atom stereocenters. The summed E-state index contributed by atoms with van der Waals surface area (Å²) in [5.74, 6) is -4.99. The predicted octanol–water partition coefficient (Wildman–Crippen LogP) is 5.20. The molecular weight excluding hydrogens is 635 g/mol. The number of nitrogens with zero attached hydrogens (tertiary/aromatic N) is 2. The van der Waals surface area contributed by atoms with Crippen molar-refractivity contribution in [2.75, 3.05) is 27.4 Å². The summed E-state index contributed by atoms with van der Waals surface area (Å²) < 4.78 is 38.4. The number of carbonyl (C=O) groups is 4. The van der Waals surface area contributed by atoms with Gasteiger partial charge in [-0.05, 0) is 6.07 Å². The summed E-state index contributed by atoms with van der Waals surface area (Å²) in [5.41, 5.74) is 1.05. The lowest BCUT2D eigenvalue weighted by atomic mass is 10.0. The molecule has 0 saturated carbocycles. The van der Waals surface area contributed by atoms with Crippen LogP contribution in [0.4, 0.5) is 4.39 Å². The maximum Gasteiger partial charge on any atom is 0.306 e. The van der Waals surface area contributed by atoms with Crippen LogP contribution in [0.15, 0.2) is 12.1 Å². The molecule has 242 valence electrons. The number of aliphatic carboxylic acids is 2. The van der Waals surface area contributed by atoms with Gasteiger partial charge in [0.1, 0.15) is 0 Å². The molecule has 1 amide bonds. The van der Waals surface area contributed by atoms with E-state index in [4.69, 9.17) is 40.8 Å². The Morgan fingerprint density at radius 3 is 2.27 bits per heavy atom. The van der Waals surface area contributed by atoms with E-state index in [-0.39, 0.29) is 72.9 Å². The van der Waals surface area contributed by atoms with Crippen LogP contribution in [0.3, 0.4) is 0 Å². The number of carboxylic acid groups (broad SMARTS) is 2. The first-order valence-corrected chi connectivity index (χ1v) is 15.1. The van der Waals surface area contributed by atoms with E-state index in [1.54, 1.807) is 12.1 Å².